The van der Waals surface area contributed by atoms with Crippen LogP contribution in [0, 0.1) is 10.1 Å². The summed E-state index contributed by atoms with van der Waals surface area (Å²) in [5.74, 6) is -1.18. The van der Waals surface area contributed by atoms with Gasteiger partial charge in [-0.1, -0.05) is 0 Å². The van der Waals surface area contributed by atoms with Crippen molar-refractivity contribution < 1.29 is 24.4 Å². The van der Waals surface area contributed by atoms with Crippen LogP contribution in [0.1, 0.15) is 18.4 Å². The van der Waals surface area contributed by atoms with E-state index in [-0.39, 0.29) is 30.5 Å². The van der Waals surface area contributed by atoms with Gasteiger partial charge in [-0.15, -0.1) is 0 Å². The summed E-state index contributed by atoms with van der Waals surface area (Å²) in [6.07, 6.45) is 1.85. The van der Waals surface area contributed by atoms with Crippen molar-refractivity contribution in [1.82, 2.24) is 9.88 Å². The number of nitrogens with one attached hydrogen (secondary N) is 1. The first-order valence-corrected chi connectivity index (χ1v) is 8.17. The van der Waals surface area contributed by atoms with E-state index in [1.807, 2.05) is 0 Å². The van der Waals surface area contributed by atoms with Gasteiger partial charge in [-0.25, -0.2) is 0 Å². The molecule has 26 heavy (non-hydrogen) atoms. The Morgan fingerprint density at radius 1 is 1.46 bits per heavy atom. The Bertz CT molecular complexity index is 861. The lowest BCUT2D eigenvalue weighted by Crippen LogP contribution is -2.38. The van der Waals surface area contributed by atoms with Gasteiger partial charge in [-0.3, -0.25) is 19.7 Å². The summed E-state index contributed by atoms with van der Waals surface area (Å²) < 4.78 is 5.28. The molecule has 0 saturated carbocycles. The van der Waals surface area contributed by atoms with Gasteiger partial charge < -0.3 is 19.7 Å². The van der Waals surface area contributed by atoms with E-state index in [9.17, 15) is 19.7 Å². The van der Waals surface area contributed by atoms with Gasteiger partial charge in [0, 0.05) is 48.9 Å². The Labute approximate surface area is 148 Å². The molecule has 1 aliphatic rings. The maximum Gasteiger partial charge on any atom is 0.305 e. The summed E-state index contributed by atoms with van der Waals surface area (Å²) >= 11 is 0. The van der Waals surface area contributed by atoms with E-state index < -0.39 is 16.9 Å². The summed E-state index contributed by atoms with van der Waals surface area (Å²) in [5.41, 5.74) is 1.30. The summed E-state index contributed by atoms with van der Waals surface area (Å²) in [4.78, 5) is 38.9. The molecule has 9 heteroatoms. The number of methoxy groups -OCH3 is 1. The number of likely N-dealkylation sites (tertiary alicyclic amines) is 1. The van der Waals surface area contributed by atoms with Crippen LogP contribution in [-0.4, -0.2) is 57.6 Å². The lowest BCUT2D eigenvalue weighted by atomic mass is 10.1. The monoisotopic (exact) mass is 361 g/mol. The van der Waals surface area contributed by atoms with Gasteiger partial charge in [-0.2, -0.15) is 0 Å². The Morgan fingerprint density at radius 3 is 2.88 bits per heavy atom. The average molecular weight is 361 g/mol. The smallest absolute Gasteiger partial charge is 0.305 e. The van der Waals surface area contributed by atoms with Crippen LogP contribution < -0.4 is 0 Å². The van der Waals surface area contributed by atoms with Gasteiger partial charge in [0.05, 0.1) is 23.9 Å². The zero-order valence-corrected chi connectivity index (χ0v) is 14.2. The standard InChI is InChI=1S/C17H19N3O6/c1-26-13-5-12(7-17(22)23)19(9-13)16(21)4-10-8-18-15-3-2-11(20(24)25)6-14(10)15/h2-3,6,8,12-13,18H,4-5,7,9H2,1H3,(H,22,23). The van der Waals surface area contributed by atoms with Crippen LogP contribution >= 0.6 is 0 Å². The highest BCUT2D eigenvalue weighted by atomic mass is 16.6. The molecule has 1 aromatic carbocycles. The molecule has 0 aliphatic carbocycles. The van der Waals surface area contributed by atoms with Gasteiger partial charge in [0.15, 0.2) is 0 Å². The number of carbonyl (C=O) groups excluding carboxylic acids is 1. The first-order chi connectivity index (χ1) is 12.4. The van der Waals surface area contributed by atoms with Crippen molar-refractivity contribution in [2.75, 3.05) is 13.7 Å². The van der Waals surface area contributed by atoms with E-state index in [2.05, 4.69) is 4.98 Å². The third kappa shape index (κ3) is 3.52. The number of hydrogen-bond donors (Lipinski definition) is 2. The topological polar surface area (TPSA) is 126 Å². The number of nitro groups is 1. The first-order valence-electron chi connectivity index (χ1n) is 8.17. The molecule has 1 aliphatic heterocycles. The molecule has 9 nitrogen and oxygen atoms in total. The molecule has 1 saturated heterocycles. The number of carbonyl (C=O) groups is 2. The lowest BCUT2D eigenvalue weighted by Gasteiger charge is -2.23. The van der Waals surface area contributed by atoms with Gasteiger partial charge in [0.2, 0.25) is 5.91 Å². The zero-order valence-electron chi connectivity index (χ0n) is 14.2. The number of nitrogens with zero attached hydrogens (tertiary/aromatic N) is 2. The number of benzene rings is 1. The first kappa shape index (κ1) is 17.9. The second-order valence-electron chi connectivity index (χ2n) is 6.37. The Kier molecular flexibility index (Phi) is 4.90. The van der Waals surface area contributed by atoms with Crippen molar-refractivity contribution in [2.45, 2.75) is 31.4 Å². The van der Waals surface area contributed by atoms with Crippen molar-refractivity contribution in [3.8, 4) is 0 Å². The summed E-state index contributed by atoms with van der Waals surface area (Å²) in [5, 5.41) is 20.7. The molecule has 2 heterocycles. The highest BCUT2D eigenvalue weighted by molar-refractivity contribution is 5.90. The third-order valence-electron chi connectivity index (χ3n) is 4.74. The molecule has 0 radical (unpaired) electrons. The number of carboxylic acid groups (broad SMARTS) is 1. The van der Waals surface area contributed by atoms with Gasteiger partial charge in [0.25, 0.3) is 5.69 Å². The number of aromatic nitrogens is 1. The van der Waals surface area contributed by atoms with E-state index in [0.29, 0.717) is 29.4 Å². The highest BCUT2D eigenvalue weighted by Crippen LogP contribution is 2.27. The molecule has 0 spiro atoms. The van der Waals surface area contributed by atoms with Crippen molar-refractivity contribution in [3.63, 3.8) is 0 Å². The minimum absolute atomic E-state index is 0.0354. The Balaban J connectivity index is 1.82. The molecule has 1 amide bonds. The number of hydrogen-bond acceptors (Lipinski definition) is 5. The molecule has 1 aromatic heterocycles. The van der Waals surface area contributed by atoms with Crippen molar-refractivity contribution >= 4 is 28.5 Å². The molecule has 0 bridgehead atoms. The molecule has 2 unspecified atom stereocenters. The minimum atomic E-state index is -0.965. The molecule has 1 fully saturated rings. The van der Waals surface area contributed by atoms with Crippen LogP contribution in [-0.2, 0) is 20.7 Å². The quantitative estimate of drug-likeness (QED) is 0.596. The Morgan fingerprint density at radius 2 is 2.23 bits per heavy atom. The van der Waals surface area contributed by atoms with Crippen LogP contribution in [0.5, 0.6) is 0 Å². The zero-order chi connectivity index (χ0) is 18.8. The van der Waals surface area contributed by atoms with E-state index in [0.717, 1.165) is 0 Å². The number of carboxylic acids is 1. The predicted octanol–water partition coefficient (Wildman–Crippen LogP) is 1.71. The van der Waals surface area contributed by atoms with Crippen LogP contribution in [0.3, 0.4) is 0 Å². The van der Waals surface area contributed by atoms with Gasteiger partial charge in [0.1, 0.15) is 0 Å². The predicted molar refractivity (Wildman–Crippen MR) is 91.8 cm³/mol. The highest BCUT2D eigenvalue weighted by Gasteiger charge is 2.36. The molecule has 2 atom stereocenters. The second-order valence-corrected chi connectivity index (χ2v) is 6.37. The fourth-order valence-electron chi connectivity index (χ4n) is 3.44. The number of rotatable bonds is 6. The molecule has 2 aromatic rings. The SMILES string of the molecule is COC1CC(CC(=O)O)N(C(=O)Cc2c[nH]c3ccc([N+](=O)[O-])cc23)C1. The van der Waals surface area contributed by atoms with E-state index >= 15 is 0 Å². The number of H-pyrrole nitrogens is 1. The van der Waals surface area contributed by atoms with E-state index in [1.165, 1.54) is 19.2 Å². The van der Waals surface area contributed by atoms with Crippen LogP contribution in [0.15, 0.2) is 24.4 Å². The Hall–Kier alpha value is -2.94. The van der Waals surface area contributed by atoms with Gasteiger partial charge in [-0.05, 0) is 18.1 Å². The summed E-state index contributed by atoms with van der Waals surface area (Å²) in [6.45, 7) is 0.343. The van der Waals surface area contributed by atoms with Crippen LogP contribution in [0.2, 0.25) is 0 Å². The number of fused-ring (bicyclic) bond motifs is 1. The number of aromatic amines is 1. The molecule has 2 N–H and O–H groups in total. The van der Waals surface area contributed by atoms with Crippen LogP contribution in [0.4, 0.5) is 5.69 Å². The maximum atomic E-state index is 12.8. The molecular weight excluding hydrogens is 342 g/mol. The largest absolute Gasteiger partial charge is 0.481 e. The molecular formula is C17H19N3O6. The third-order valence-corrected chi connectivity index (χ3v) is 4.74. The van der Waals surface area contributed by atoms with Crippen molar-refractivity contribution in [3.05, 3.63) is 40.1 Å². The average Bonchev–Trinajstić information content (AvgIpc) is 3.18. The number of amides is 1. The van der Waals surface area contributed by atoms with E-state index in [1.54, 1.807) is 17.2 Å². The summed E-state index contributed by atoms with van der Waals surface area (Å²) in [7, 11) is 1.54. The maximum absolute atomic E-state index is 12.8. The van der Waals surface area contributed by atoms with Crippen molar-refractivity contribution in [2.24, 2.45) is 0 Å². The number of ether oxygens (including phenoxy) is 1. The second kappa shape index (κ2) is 7.12. The van der Waals surface area contributed by atoms with E-state index in [4.69, 9.17) is 9.84 Å². The lowest BCUT2D eigenvalue weighted by molar-refractivity contribution is -0.384. The van der Waals surface area contributed by atoms with Crippen molar-refractivity contribution in [1.29, 1.82) is 0 Å². The number of aliphatic carboxylic acids is 1. The molecule has 138 valence electrons. The molecule has 3 rings (SSSR count). The summed E-state index contributed by atoms with van der Waals surface area (Å²) in [6, 6.07) is 4.03. The van der Waals surface area contributed by atoms with Gasteiger partial charge >= 0.3 is 5.97 Å². The normalized spacial score (nSPS) is 19.8. The number of nitro benzene ring substituents is 1. The van der Waals surface area contributed by atoms with Crippen LogP contribution in [0.25, 0.3) is 10.9 Å². The fourth-order valence-corrected chi connectivity index (χ4v) is 3.44. The number of non-ortho nitro benzene ring substituents is 1. The fraction of sp³-hybridized carbons (Fsp3) is 0.412. The minimum Gasteiger partial charge on any atom is -0.481 e.